The van der Waals surface area contributed by atoms with Crippen molar-refractivity contribution in [1.29, 1.82) is 0 Å². The van der Waals surface area contributed by atoms with Crippen LogP contribution in [0.4, 0.5) is 4.39 Å². The maximum absolute atomic E-state index is 13.3. The van der Waals surface area contributed by atoms with Crippen molar-refractivity contribution in [2.45, 2.75) is 12.8 Å². The molecule has 0 heterocycles. The highest BCUT2D eigenvalue weighted by Crippen LogP contribution is 2.46. The summed E-state index contributed by atoms with van der Waals surface area (Å²) >= 11 is 5.55. The number of rotatable bonds is 6. The monoisotopic (exact) mass is 326 g/mol. The zero-order valence-corrected chi connectivity index (χ0v) is 12.4. The number of halogens is 2. The van der Waals surface area contributed by atoms with Gasteiger partial charge in [0.1, 0.15) is 0 Å². The number of benzene rings is 1. The number of carbonyl (C=O) groups excluding carboxylic acids is 1. The van der Waals surface area contributed by atoms with Crippen molar-refractivity contribution in [2.75, 3.05) is 13.7 Å². The molecule has 2 unspecified atom stereocenters. The molecule has 0 fully saturated rings. The van der Waals surface area contributed by atoms with Crippen molar-refractivity contribution in [1.82, 2.24) is 0 Å². The van der Waals surface area contributed by atoms with E-state index in [1.165, 1.54) is 19.1 Å². The molecule has 0 radical (unpaired) electrons. The summed E-state index contributed by atoms with van der Waals surface area (Å²) in [4.78, 5) is 20.6. The van der Waals surface area contributed by atoms with Gasteiger partial charge in [-0.05, 0) is 25.1 Å². The van der Waals surface area contributed by atoms with Crippen LogP contribution in [0.2, 0.25) is 5.02 Å². The number of hydrogen-bond acceptors (Lipinski definition) is 5. The Kier molecular flexibility index (Phi) is 5.95. The molecule has 0 aliphatic carbocycles. The average Bonchev–Trinajstić information content (AvgIpc) is 2.37. The van der Waals surface area contributed by atoms with Crippen LogP contribution in [-0.2, 0) is 18.6 Å². The van der Waals surface area contributed by atoms with E-state index >= 15 is 0 Å². The van der Waals surface area contributed by atoms with Gasteiger partial charge >= 0.3 is 13.6 Å². The van der Waals surface area contributed by atoms with Crippen molar-refractivity contribution >= 4 is 25.2 Å². The van der Waals surface area contributed by atoms with Crippen LogP contribution in [0, 0.1) is 5.82 Å². The Morgan fingerprint density at radius 3 is 2.75 bits per heavy atom. The Morgan fingerprint density at radius 2 is 2.20 bits per heavy atom. The normalized spacial score (nSPS) is 15.2. The molecule has 1 N–H and O–H groups in total. The van der Waals surface area contributed by atoms with Crippen LogP contribution in [0.3, 0.4) is 0 Å². The molecule has 9 heteroatoms. The molecular weight excluding hydrogens is 314 g/mol. The molecule has 0 saturated carbocycles. The standard InChI is InChI=1S/C11H13ClFO6P/c1-7(20(15,16)17-2)19-11(14)6-18-10-4-3-8(12)5-9(10)13/h3-5,7H,6H2,1-2H3,(H,15,16). The summed E-state index contributed by atoms with van der Waals surface area (Å²) in [5, 5.41) is 0.187. The fraction of sp³-hybridized carbons (Fsp3) is 0.364. The van der Waals surface area contributed by atoms with Gasteiger partial charge in [-0.3, -0.25) is 4.57 Å². The van der Waals surface area contributed by atoms with Gasteiger partial charge in [-0.25, -0.2) is 9.18 Å². The lowest BCUT2D eigenvalue weighted by Gasteiger charge is -2.17. The van der Waals surface area contributed by atoms with Crippen molar-refractivity contribution in [2.24, 2.45) is 0 Å². The summed E-state index contributed by atoms with van der Waals surface area (Å²) in [6, 6.07) is 3.67. The topological polar surface area (TPSA) is 82.1 Å². The van der Waals surface area contributed by atoms with Gasteiger partial charge in [0.15, 0.2) is 24.0 Å². The van der Waals surface area contributed by atoms with Crippen molar-refractivity contribution < 1.29 is 32.6 Å². The molecule has 0 bridgehead atoms. The molecule has 0 saturated heterocycles. The molecule has 0 aromatic heterocycles. The first-order chi connectivity index (χ1) is 9.26. The smallest absolute Gasteiger partial charge is 0.367 e. The van der Waals surface area contributed by atoms with E-state index in [2.05, 4.69) is 9.26 Å². The lowest BCUT2D eigenvalue weighted by Crippen LogP contribution is -2.21. The molecule has 0 spiro atoms. The number of hydrogen-bond donors (Lipinski definition) is 1. The van der Waals surface area contributed by atoms with Crippen LogP contribution in [-0.4, -0.2) is 30.4 Å². The van der Waals surface area contributed by atoms with E-state index in [1.807, 2.05) is 0 Å². The van der Waals surface area contributed by atoms with Gasteiger partial charge in [-0.1, -0.05) is 11.6 Å². The first-order valence-corrected chi connectivity index (χ1v) is 7.44. The van der Waals surface area contributed by atoms with Gasteiger partial charge in [0.05, 0.1) is 0 Å². The molecule has 0 amide bonds. The fourth-order valence-corrected chi connectivity index (χ4v) is 1.87. The molecule has 0 aliphatic rings. The van der Waals surface area contributed by atoms with Crippen molar-refractivity contribution in [3.05, 3.63) is 29.0 Å². The van der Waals surface area contributed by atoms with E-state index in [9.17, 15) is 18.6 Å². The maximum atomic E-state index is 13.3. The Morgan fingerprint density at radius 1 is 1.55 bits per heavy atom. The highest BCUT2D eigenvalue weighted by Gasteiger charge is 2.30. The maximum Gasteiger partial charge on any atom is 0.367 e. The molecule has 1 aromatic carbocycles. The quantitative estimate of drug-likeness (QED) is 0.639. The summed E-state index contributed by atoms with van der Waals surface area (Å²) in [6.45, 7) is 0.581. The minimum atomic E-state index is -4.02. The van der Waals surface area contributed by atoms with E-state index in [1.54, 1.807) is 0 Å². The Hall–Kier alpha value is -1.14. The lowest BCUT2D eigenvalue weighted by molar-refractivity contribution is -0.148. The Balaban J connectivity index is 2.54. The first kappa shape index (κ1) is 16.9. The molecule has 1 rings (SSSR count). The van der Waals surface area contributed by atoms with Crippen molar-refractivity contribution in [3.63, 3.8) is 0 Å². The predicted octanol–water partition coefficient (Wildman–Crippen LogP) is 2.58. The second kappa shape index (κ2) is 7.04. The predicted molar refractivity (Wildman–Crippen MR) is 69.3 cm³/mol. The second-order valence-electron chi connectivity index (χ2n) is 3.70. The van der Waals surface area contributed by atoms with E-state index in [-0.39, 0.29) is 10.8 Å². The molecule has 0 aliphatic heterocycles. The zero-order chi connectivity index (χ0) is 15.3. The van der Waals surface area contributed by atoms with E-state index in [0.29, 0.717) is 0 Å². The van der Waals surface area contributed by atoms with Gasteiger partial charge in [0.2, 0.25) is 0 Å². The van der Waals surface area contributed by atoms with E-state index in [0.717, 1.165) is 13.2 Å². The van der Waals surface area contributed by atoms with Crippen LogP contribution in [0.1, 0.15) is 6.92 Å². The number of carbonyl (C=O) groups is 1. The summed E-state index contributed by atoms with van der Waals surface area (Å²) in [6.07, 6.45) is 0. The molecule has 112 valence electrons. The molecule has 1 aromatic rings. The van der Waals surface area contributed by atoms with Crippen LogP contribution >= 0.6 is 19.2 Å². The lowest BCUT2D eigenvalue weighted by atomic mass is 10.3. The largest absolute Gasteiger partial charge is 0.479 e. The summed E-state index contributed by atoms with van der Waals surface area (Å²) in [5.41, 5.74) is 0. The third-order valence-corrected chi connectivity index (χ3v) is 4.05. The third kappa shape index (κ3) is 4.76. The third-order valence-electron chi connectivity index (χ3n) is 2.26. The number of esters is 1. The first-order valence-electron chi connectivity index (χ1n) is 5.42. The fourth-order valence-electron chi connectivity index (χ4n) is 1.17. The van der Waals surface area contributed by atoms with Crippen LogP contribution < -0.4 is 4.74 Å². The van der Waals surface area contributed by atoms with Gasteiger partial charge in [0, 0.05) is 12.1 Å². The van der Waals surface area contributed by atoms with Crippen LogP contribution in [0.25, 0.3) is 0 Å². The molecule has 6 nitrogen and oxygen atoms in total. The zero-order valence-electron chi connectivity index (χ0n) is 10.7. The minimum Gasteiger partial charge on any atom is -0.479 e. The number of ether oxygens (including phenoxy) is 2. The van der Waals surface area contributed by atoms with Gasteiger partial charge in [0.25, 0.3) is 0 Å². The molecule has 20 heavy (non-hydrogen) atoms. The Labute approximate surface area is 119 Å². The van der Waals surface area contributed by atoms with Crippen LogP contribution in [0.5, 0.6) is 5.75 Å². The van der Waals surface area contributed by atoms with E-state index in [4.69, 9.17) is 16.3 Å². The van der Waals surface area contributed by atoms with Gasteiger partial charge in [-0.2, -0.15) is 0 Å². The van der Waals surface area contributed by atoms with E-state index < -0.39 is 31.8 Å². The van der Waals surface area contributed by atoms with Gasteiger partial charge in [-0.15, -0.1) is 0 Å². The highest BCUT2D eigenvalue weighted by atomic mass is 35.5. The molecular formula is C11H13ClFO6P. The Bertz CT molecular complexity index is 538. The second-order valence-corrected chi connectivity index (χ2v) is 6.36. The summed E-state index contributed by atoms with van der Waals surface area (Å²) < 4.78 is 38.5. The summed E-state index contributed by atoms with van der Waals surface area (Å²) in [5.74, 6) is -3.20. The SMILES string of the molecule is COP(=O)(O)C(C)OC(=O)COc1ccc(Cl)cc1F. The summed E-state index contributed by atoms with van der Waals surface area (Å²) in [7, 11) is -3.00. The molecule has 2 atom stereocenters. The van der Waals surface area contributed by atoms with Gasteiger partial charge < -0.3 is 18.9 Å². The van der Waals surface area contributed by atoms with Crippen molar-refractivity contribution in [3.8, 4) is 5.75 Å². The average molecular weight is 327 g/mol. The highest BCUT2D eigenvalue weighted by molar-refractivity contribution is 7.53. The minimum absolute atomic E-state index is 0.182. The van der Waals surface area contributed by atoms with Crippen LogP contribution in [0.15, 0.2) is 18.2 Å².